The predicted molar refractivity (Wildman–Crippen MR) is 137 cm³/mol. The Kier molecular flexibility index (Phi) is 9.90. The van der Waals surface area contributed by atoms with Crippen LogP contribution >= 0.6 is 0 Å². The summed E-state index contributed by atoms with van der Waals surface area (Å²) in [5.74, 6) is -0.349. The van der Waals surface area contributed by atoms with E-state index in [-0.39, 0.29) is 11.8 Å². The minimum absolute atomic E-state index is 0.166. The number of nitrogens with one attached hydrogen (secondary N) is 2. The van der Waals surface area contributed by atoms with Gasteiger partial charge in [0.15, 0.2) is 0 Å². The van der Waals surface area contributed by atoms with E-state index in [0.717, 1.165) is 29.6 Å². The molecule has 2 N–H and O–H groups in total. The first-order valence-electron chi connectivity index (χ1n) is 11.4. The highest BCUT2D eigenvalue weighted by atomic mass is 16.2. The van der Waals surface area contributed by atoms with Gasteiger partial charge in [0.2, 0.25) is 11.8 Å². The predicted octanol–water partition coefficient (Wildman–Crippen LogP) is 5.29. The quantitative estimate of drug-likeness (QED) is 0.293. The summed E-state index contributed by atoms with van der Waals surface area (Å²) in [6, 6.07) is 6.99. The lowest BCUT2D eigenvalue weighted by atomic mass is 9.97. The molecule has 0 bridgehead atoms. The van der Waals surface area contributed by atoms with Gasteiger partial charge >= 0.3 is 0 Å². The van der Waals surface area contributed by atoms with Gasteiger partial charge in [-0.2, -0.15) is 0 Å². The zero-order valence-electron chi connectivity index (χ0n) is 20.3. The lowest BCUT2D eigenvalue weighted by molar-refractivity contribution is -0.136. The van der Waals surface area contributed by atoms with E-state index in [4.69, 9.17) is 0 Å². The van der Waals surface area contributed by atoms with Crippen LogP contribution < -0.4 is 10.6 Å². The second-order valence-corrected chi connectivity index (χ2v) is 9.01. The van der Waals surface area contributed by atoms with Gasteiger partial charge in [-0.15, -0.1) is 5.73 Å². The summed E-state index contributed by atoms with van der Waals surface area (Å²) < 4.78 is 0. The molecule has 1 aliphatic heterocycles. The average molecular weight is 445 g/mol. The molecule has 0 saturated carbocycles. The highest BCUT2D eigenvalue weighted by molar-refractivity contribution is 5.97. The van der Waals surface area contributed by atoms with E-state index < -0.39 is 12.1 Å². The summed E-state index contributed by atoms with van der Waals surface area (Å²) in [6.07, 6.45) is 10.5. The maximum Gasteiger partial charge on any atom is 0.243 e. The number of piperazine rings is 1. The summed E-state index contributed by atoms with van der Waals surface area (Å²) >= 11 is 0. The molecule has 0 spiro atoms. The third-order valence-electron chi connectivity index (χ3n) is 5.42. The monoisotopic (exact) mass is 444 g/mol. The third kappa shape index (κ3) is 8.96. The van der Waals surface area contributed by atoms with E-state index in [1.165, 1.54) is 16.7 Å². The summed E-state index contributed by atoms with van der Waals surface area (Å²) in [5.41, 5.74) is 9.37. The van der Waals surface area contributed by atoms with Gasteiger partial charge in [0.05, 0.1) is 0 Å². The van der Waals surface area contributed by atoms with Crippen LogP contribution in [0.15, 0.2) is 89.8 Å². The average Bonchev–Trinajstić information content (AvgIpc) is 2.76. The van der Waals surface area contributed by atoms with Gasteiger partial charge in [-0.05, 0) is 57.2 Å². The van der Waals surface area contributed by atoms with Crippen LogP contribution in [-0.4, -0.2) is 23.9 Å². The molecule has 4 heteroatoms. The summed E-state index contributed by atoms with van der Waals surface area (Å²) in [4.78, 5) is 25.2. The topological polar surface area (TPSA) is 58.2 Å². The highest BCUT2D eigenvalue weighted by Gasteiger charge is 2.33. The fourth-order valence-electron chi connectivity index (χ4n) is 3.39. The molecule has 2 atom stereocenters. The van der Waals surface area contributed by atoms with Crippen molar-refractivity contribution in [3.63, 3.8) is 0 Å². The second-order valence-electron chi connectivity index (χ2n) is 9.01. The molecule has 1 aromatic carbocycles. The van der Waals surface area contributed by atoms with Crippen molar-refractivity contribution in [2.45, 2.75) is 65.5 Å². The Morgan fingerprint density at radius 3 is 2.09 bits per heavy atom. The molecule has 2 rings (SSSR count). The van der Waals surface area contributed by atoms with Gasteiger partial charge < -0.3 is 10.6 Å². The van der Waals surface area contributed by atoms with Crippen molar-refractivity contribution < 1.29 is 9.59 Å². The Labute approximate surface area is 198 Å². The first kappa shape index (κ1) is 25.9. The lowest BCUT2D eigenvalue weighted by Crippen LogP contribution is -2.62. The smallest absolute Gasteiger partial charge is 0.243 e. The minimum atomic E-state index is -0.619. The molecule has 1 aliphatic rings. The number of hydrogen-bond acceptors (Lipinski definition) is 2. The van der Waals surface area contributed by atoms with Gasteiger partial charge in [-0.25, -0.2) is 0 Å². The number of carbonyl (C=O) groups excluding carboxylic acids is 2. The van der Waals surface area contributed by atoms with Crippen molar-refractivity contribution >= 4 is 11.8 Å². The van der Waals surface area contributed by atoms with Crippen molar-refractivity contribution in [3.05, 3.63) is 101 Å². The van der Waals surface area contributed by atoms with E-state index in [0.29, 0.717) is 12.8 Å². The van der Waals surface area contributed by atoms with E-state index in [1.54, 1.807) is 0 Å². The molecule has 0 aromatic heterocycles. The molecule has 1 saturated heterocycles. The third-order valence-corrected chi connectivity index (χ3v) is 5.42. The van der Waals surface area contributed by atoms with Crippen molar-refractivity contribution in [2.75, 3.05) is 0 Å². The maximum atomic E-state index is 12.6. The van der Waals surface area contributed by atoms with Gasteiger partial charge in [-0.1, -0.05) is 78.4 Å². The summed E-state index contributed by atoms with van der Waals surface area (Å²) in [7, 11) is 0. The maximum absolute atomic E-state index is 12.6. The molecule has 1 heterocycles. The zero-order chi connectivity index (χ0) is 24.4. The standard InChI is InChI=1S/C29H36N2O2/c1-7-23(11-8-20(2)3)13-10-22(6)18-26-28(32)31-27(29(33)30-26)19-25-16-14-24(15-17-25)12-9-21(4)5/h8-10,13-17,26-27H,1,6,11-12,18-19H2,2-5H3,(H,30,33)(H,31,32)/b13-10-. The van der Waals surface area contributed by atoms with Crippen molar-refractivity contribution in [2.24, 2.45) is 0 Å². The van der Waals surface area contributed by atoms with Crippen LogP contribution in [0.1, 0.15) is 51.7 Å². The van der Waals surface area contributed by atoms with Crippen LogP contribution in [0.2, 0.25) is 0 Å². The van der Waals surface area contributed by atoms with Gasteiger partial charge in [-0.3, -0.25) is 9.59 Å². The van der Waals surface area contributed by atoms with Crippen LogP contribution in [0, 0.1) is 0 Å². The Morgan fingerprint density at radius 2 is 1.48 bits per heavy atom. The molecular weight excluding hydrogens is 408 g/mol. The molecule has 174 valence electrons. The number of allylic oxidation sites excluding steroid dienone is 7. The summed E-state index contributed by atoms with van der Waals surface area (Å²) in [6.45, 7) is 16.0. The van der Waals surface area contributed by atoms with Gasteiger partial charge in [0.25, 0.3) is 0 Å². The first-order valence-corrected chi connectivity index (χ1v) is 11.4. The number of rotatable bonds is 10. The molecule has 33 heavy (non-hydrogen) atoms. The van der Waals surface area contributed by atoms with Gasteiger partial charge in [0, 0.05) is 12.8 Å². The van der Waals surface area contributed by atoms with E-state index >= 15 is 0 Å². The molecular formula is C29H36N2O2. The van der Waals surface area contributed by atoms with Crippen molar-refractivity contribution in [1.82, 2.24) is 10.6 Å². The van der Waals surface area contributed by atoms with Gasteiger partial charge in [0.1, 0.15) is 12.1 Å². The Hall–Kier alpha value is -3.36. The van der Waals surface area contributed by atoms with Crippen LogP contribution in [0.4, 0.5) is 0 Å². The van der Waals surface area contributed by atoms with E-state index in [2.05, 4.69) is 67.7 Å². The molecule has 1 fully saturated rings. The summed E-state index contributed by atoms with van der Waals surface area (Å²) in [5, 5.41) is 5.73. The van der Waals surface area contributed by atoms with Crippen LogP contribution in [0.5, 0.6) is 0 Å². The van der Waals surface area contributed by atoms with Crippen LogP contribution in [0.25, 0.3) is 0 Å². The molecule has 0 aliphatic carbocycles. The second kappa shape index (κ2) is 12.6. The van der Waals surface area contributed by atoms with Crippen LogP contribution in [0.3, 0.4) is 0 Å². The van der Waals surface area contributed by atoms with Crippen molar-refractivity contribution in [3.8, 4) is 0 Å². The van der Waals surface area contributed by atoms with Crippen LogP contribution in [-0.2, 0) is 22.4 Å². The first-order chi connectivity index (χ1) is 15.7. The zero-order valence-corrected chi connectivity index (χ0v) is 20.3. The minimum Gasteiger partial charge on any atom is -0.342 e. The molecule has 1 aromatic rings. The number of benzene rings is 1. The lowest BCUT2D eigenvalue weighted by Gasteiger charge is -2.30. The van der Waals surface area contributed by atoms with E-state index in [9.17, 15) is 9.59 Å². The molecule has 0 radical (unpaired) electrons. The Bertz CT molecular complexity index is 1010. The SMILES string of the molecule is C=C=C(/C=C\C(=C)CC1NC(=O)C(Cc2ccc(CC=C(C)C)cc2)NC1=O)CC=C(C)C. The van der Waals surface area contributed by atoms with Crippen molar-refractivity contribution in [1.29, 1.82) is 0 Å². The normalized spacial score (nSPS) is 17.6. The molecule has 2 unspecified atom stereocenters. The number of hydrogen-bond donors (Lipinski definition) is 2. The highest BCUT2D eigenvalue weighted by Crippen LogP contribution is 2.15. The molecule has 2 amide bonds. The Balaban J connectivity index is 1.91. The number of amides is 2. The fourth-order valence-corrected chi connectivity index (χ4v) is 3.39. The number of carbonyl (C=O) groups is 2. The molecule has 4 nitrogen and oxygen atoms in total. The Morgan fingerprint density at radius 1 is 0.909 bits per heavy atom. The fraction of sp³-hybridized carbons (Fsp3) is 0.345. The largest absolute Gasteiger partial charge is 0.342 e. The van der Waals surface area contributed by atoms with E-state index in [1.807, 2.05) is 38.1 Å².